The van der Waals surface area contributed by atoms with Crippen LogP contribution in [0.15, 0.2) is 24.3 Å². The molecular weight excluding hydrogens is 258 g/mol. The molecule has 1 aliphatic carbocycles. The monoisotopic (exact) mass is 281 g/mol. The Hall–Kier alpha value is -0.870. The largest absolute Gasteiger partial charge is 0.314 e. The summed E-state index contributed by atoms with van der Waals surface area (Å²) in [6, 6.07) is 9.14. The Morgan fingerprint density at radius 1 is 1.26 bits per heavy atom. The summed E-state index contributed by atoms with van der Waals surface area (Å²) in [5, 5.41) is 3.45. The second-order valence-electron chi connectivity index (χ2n) is 5.66. The number of hydrogen-bond donors (Lipinski definition) is 1. The van der Waals surface area contributed by atoms with Crippen LogP contribution in [0.4, 0.5) is 0 Å². The lowest BCUT2D eigenvalue weighted by atomic mass is 9.74. The van der Waals surface area contributed by atoms with Crippen molar-refractivity contribution < 1.29 is 8.42 Å². The molecule has 1 aromatic rings. The molecule has 0 unspecified atom stereocenters. The molecule has 1 N–H and O–H groups in total. The lowest BCUT2D eigenvalue weighted by Gasteiger charge is -2.37. The molecule has 1 aliphatic rings. The van der Waals surface area contributed by atoms with Crippen LogP contribution in [-0.4, -0.2) is 33.0 Å². The van der Waals surface area contributed by atoms with Gasteiger partial charge in [0.05, 0.1) is 5.75 Å². The molecular formula is C15H23NO2S. The van der Waals surface area contributed by atoms with E-state index in [1.807, 2.05) is 0 Å². The van der Waals surface area contributed by atoms with Gasteiger partial charge in [0.2, 0.25) is 0 Å². The summed E-state index contributed by atoms with van der Waals surface area (Å²) >= 11 is 0. The van der Waals surface area contributed by atoms with Crippen molar-refractivity contribution in [1.29, 1.82) is 0 Å². The van der Waals surface area contributed by atoms with Gasteiger partial charge in [-0.05, 0) is 49.8 Å². The smallest absolute Gasteiger partial charge is 0.147 e. The Morgan fingerprint density at radius 3 is 2.58 bits per heavy atom. The van der Waals surface area contributed by atoms with Gasteiger partial charge in [0.1, 0.15) is 9.84 Å². The summed E-state index contributed by atoms with van der Waals surface area (Å²) in [4.78, 5) is 0. The van der Waals surface area contributed by atoms with Crippen LogP contribution in [-0.2, 0) is 9.84 Å². The van der Waals surface area contributed by atoms with E-state index in [1.165, 1.54) is 30.2 Å². The standard InChI is InChI=1S/C15H23NO2S/c1-12-6-3-4-7-15(12)13-10-14(11-13)16-8-5-9-19(2,17)18/h3-4,6-7,13-14,16H,5,8-11H2,1-2H3. The van der Waals surface area contributed by atoms with E-state index < -0.39 is 9.84 Å². The van der Waals surface area contributed by atoms with Gasteiger partial charge in [-0.25, -0.2) is 8.42 Å². The Kier molecular flexibility index (Phi) is 4.63. The Labute approximate surface area is 116 Å². The minimum Gasteiger partial charge on any atom is -0.314 e. The summed E-state index contributed by atoms with van der Waals surface area (Å²) in [6.07, 6.45) is 4.35. The van der Waals surface area contributed by atoms with Crippen LogP contribution in [0.5, 0.6) is 0 Å². The van der Waals surface area contributed by atoms with Crippen LogP contribution < -0.4 is 5.32 Å². The molecule has 0 aromatic heterocycles. The van der Waals surface area contributed by atoms with Crippen molar-refractivity contribution in [3.05, 3.63) is 35.4 Å². The number of benzene rings is 1. The molecule has 0 heterocycles. The third-order valence-corrected chi connectivity index (χ3v) is 4.92. The van der Waals surface area contributed by atoms with Crippen LogP contribution in [0, 0.1) is 6.92 Å². The first kappa shape index (κ1) is 14.5. The quantitative estimate of drug-likeness (QED) is 0.814. The predicted molar refractivity (Wildman–Crippen MR) is 79.3 cm³/mol. The zero-order chi connectivity index (χ0) is 13.9. The summed E-state index contributed by atoms with van der Waals surface area (Å²) in [6.45, 7) is 2.97. The summed E-state index contributed by atoms with van der Waals surface area (Å²) in [5.74, 6) is 0.960. The maximum atomic E-state index is 11.0. The summed E-state index contributed by atoms with van der Waals surface area (Å²) < 4.78 is 22.0. The fourth-order valence-corrected chi connectivity index (χ4v) is 3.39. The van der Waals surface area contributed by atoms with Crippen molar-refractivity contribution in [2.24, 2.45) is 0 Å². The van der Waals surface area contributed by atoms with Gasteiger partial charge in [-0.15, -0.1) is 0 Å². The zero-order valence-corrected chi connectivity index (χ0v) is 12.5. The Balaban J connectivity index is 1.68. The fraction of sp³-hybridized carbons (Fsp3) is 0.600. The highest BCUT2D eigenvalue weighted by Crippen LogP contribution is 2.38. The summed E-state index contributed by atoms with van der Waals surface area (Å²) in [7, 11) is -2.81. The van der Waals surface area contributed by atoms with Crippen LogP contribution >= 0.6 is 0 Å². The Bertz CT molecular complexity index is 519. The lowest BCUT2D eigenvalue weighted by Crippen LogP contribution is -2.41. The molecule has 3 nitrogen and oxygen atoms in total. The van der Waals surface area contributed by atoms with E-state index in [0.717, 1.165) is 6.54 Å². The summed E-state index contributed by atoms with van der Waals surface area (Å²) in [5.41, 5.74) is 2.85. The van der Waals surface area contributed by atoms with E-state index in [-0.39, 0.29) is 5.75 Å². The Morgan fingerprint density at radius 2 is 1.95 bits per heavy atom. The van der Waals surface area contributed by atoms with Gasteiger partial charge in [0.15, 0.2) is 0 Å². The van der Waals surface area contributed by atoms with E-state index in [0.29, 0.717) is 18.4 Å². The molecule has 0 bridgehead atoms. The van der Waals surface area contributed by atoms with Crippen molar-refractivity contribution in [3.63, 3.8) is 0 Å². The van der Waals surface area contributed by atoms with Gasteiger partial charge in [-0.2, -0.15) is 0 Å². The van der Waals surface area contributed by atoms with E-state index in [4.69, 9.17) is 0 Å². The maximum absolute atomic E-state index is 11.0. The highest BCUT2D eigenvalue weighted by molar-refractivity contribution is 7.90. The highest BCUT2D eigenvalue weighted by atomic mass is 32.2. The molecule has 1 saturated carbocycles. The SMILES string of the molecule is Cc1ccccc1C1CC(NCCCS(C)(=O)=O)C1. The molecule has 0 radical (unpaired) electrons. The van der Waals surface area contributed by atoms with Crippen molar-refractivity contribution in [3.8, 4) is 0 Å². The van der Waals surface area contributed by atoms with Crippen molar-refractivity contribution in [2.45, 2.75) is 38.1 Å². The third kappa shape index (κ3) is 4.32. The number of sulfone groups is 1. The van der Waals surface area contributed by atoms with Crippen molar-refractivity contribution in [2.75, 3.05) is 18.6 Å². The average Bonchev–Trinajstić information content (AvgIpc) is 2.27. The normalized spacial score (nSPS) is 23.1. The van der Waals surface area contributed by atoms with E-state index in [9.17, 15) is 8.42 Å². The van der Waals surface area contributed by atoms with Gasteiger partial charge in [-0.1, -0.05) is 24.3 Å². The first-order valence-corrected chi connectivity index (χ1v) is 8.98. The first-order valence-electron chi connectivity index (χ1n) is 6.92. The fourth-order valence-electron chi connectivity index (χ4n) is 2.72. The number of nitrogens with one attached hydrogen (secondary N) is 1. The van der Waals surface area contributed by atoms with Gasteiger partial charge in [0, 0.05) is 12.3 Å². The molecule has 106 valence electrons. The minimum atomic E-state index is -2.81. The predicted octanol–water partition coefficient (Wildman–Crippen LogP) is 2.27. The second kappa shape index (κ2) is 6.06. The maximum Gasteiger partial charge on any atom is 0.147 e. The first-order chi connectivity index (χ1) is 8.96. The second-order valence-corrected chi connectivity index (χ2v) is 7.92. The van der Waals surface area contributed by atoms with E-state index in [2.05, 4.69) is 36.5 Å². The topological polar surface area (TPSA) is 46.2 Å². The van der Waals surface area contributed by atoms with Crippen LogP contribution in [0.25, 0.3) is 0 Å². The molecule has 0 aliphatic heterocycles. The van der Waals surface area contributed by atoms with Gasteiger partial charge in [-0.3, -0.25) is 0 Å². The van der Waals surface area contributed by atoms with Gasteiger partial charge in [0.25, 0.3) is 0 Å². The van der Waals surface area contributed by atoms with Crippen LogP contribution in [0.2, 0.25) is 0 Å². The lowest BCUT2D eigenvalue weighted by molar-refractivity contribution is 0.291. The zero-order valence-electron chi connectivity index (χ0n) is 11.7. The van der Waals surface area contributed by atoms with E-state index in [1.54, 1.807) is 0 Å². The van der Waals surface area contributed by atoms with Crippen molar-refractivity contribution >= 4 is 9.84 Å². The minimum absolute atomic E-state index is 0.286. The number of hydrogen-bond acceptors (Lipinski definition) is 3. The van der Waals surface area contributed by atoms with Gasteiger partial charge >= 0.3 is 0 Å². The third-order valence-electron chi connectivity index (χ3n) is 3.89. The highest BCUT2D eigenvalue weighted by Gasteiger charge is 2.30. The molecule has 1 fully saturated rings. The van der Waals surface area contributed by atoms with Crippen LogP contribution in [0.1, 0.15) is 36.3 Å². The molecule has 19 heavy (non-hydrogen) atoms. The molecule has 0 spiro atoms. The molecule has 2 rings (SSSR count). The van der Waals surface area contributed by atoms with Gasteiger partial charge < -0.3 is 5.32 Å². The number of aryl methyl sites for hydroxylation is 1. The molecule has 0 amide bonds. The van der Waals surface area contributed by atoms with E-state index >= 15 is 0 Å². The molecule has 1 aromatic carbocycles. The van der Waals surface area contributed by atoms with Crippen LogP contribution in [0.3, 0.4) is 0 Å². The molecule has 0 atom stereocenters. The van der Waals surface area contributed by atoms with Crippen molar-refractivity contribution in [1.82, 2.24) is 5.32 Å². The number of rotatable bonds is 6. The molecule has 4 heteroatoms. The average molecular weight is 281 g/mol. The molecule has 0 saturated heterocycles.